The van der Waals surface area contributed by atoms with Gasteiger partial charge in [-0.25, -0.2) is 32.2 Å². The van der Waals surface area contributed by atoms with Crippen molar-refractivity contribution in [2.75, 3.05) is 11.8 Å². The smallest absolute Gasteiger partial charge is 0.267 e. The van der Waals surface area contributed by atoms with Crippen LogP contribution in [0.25, 0.3) is 28.2 Å². The van der Waals surface area contributed by atoms with Crippen LogP contribution in [0.2, 0.25) is 0 Å². The average molecular weight is 536 g/mol. The summed E-state index contributed by atoms with van der Waals surface area (Å²) in [5, 5.41) is 9.11. The summed E-state index contributed by atoms with van der Waals surface area (Å²) >= 11 is 0. The maximum atomic E-state index is 15.6. The van der Waals surface area contributed by atoms with Gasteiger partial charge in [0.05, 0.1) is 35.1 Å². The molecular weight excluding hydrogens is 516 g/mol. The molecule has 0 saturated carbocycles. The number of ether oxygens (including phenoxy) is 1. The van der Waals surface area contributed by atoms with Gasteiger partial charge in [0, 0.05) is 23.7 Å². The number of H-pyrrole nitrogens is 1. The van der Waals surface area contributed by atoms with Crippen LogP contribution in [0.1, 0.15) is 17.0 Å². The van der Waals surface area contributed by atoms with Gasteiger partial charge in [-0.15, -0.1) is 0 Å². The molecule has 1 aromatic carbocycles. The average Bonchev–Trinajstić information content (AvgIpc) is 3.47. The lowest BCUT2D eigenvalue weighted by molar-refractivity contribution is 0.385. The minimum atomic E-state index is -4.46. The highest BCUT2D eigenvalue weighted by molar-refractivity contribution is 7.92. The maximum Gasteiger partial charge on any atom is 0.267 e. The highest BCUT2D eigenvalue weighted by atomic mass is 32.2. The Hall–Kier alpha value is -4.83. The van der Waals surface area contributed by atoms with Gasteiger partial charge in [0.25, 0.3) is 10.0 Å². The summed E-state index contributed by atoms with van der Waals surface area (Å²) in [6.45, 7) is 3.76. The molecule has 5 rings (SSSR count). The van der Waals surface area contributed by atoms with Crippen LogP contribution in [0.15, 0.2) is 53.9 Å². The van der Waals surface area contributed by atoms with E-state index in [1.54, 1.807) is 16.5 Å². The summed E-state index contributed by atoms with van der Waals surface area (Å²) in [7, 11) is -3.26. The van der Waals surface area contributed by atoms with Crippen molar-refractivity contribution in [3.63, 3.8) is 0 Å². The normalized spacial score (nSPS) is 11.5. The minimum absolute atomic E-state index is 0.0423. The molecule has 4 heterocycles. The Kier molecular flexibility index (Phi) is 6.04. The molecule has 192 valence electrons. The number of benzene rings is 1. The Balaban J connectivity index is 1.55. The van der Waals surface area contributed by atoms with Gasteiger partial charge in [0.1, 0.15) is 23.9 Å². The van der Waals surface area contributed by atoms with Crippen molar-refractivity contribution in [3.8, 4) is 34.6 Å². The highest BCUT2D eigenvalue weighted by Crippen LogP contribution is 2.34. The zero-order valence-corrected chi connectivity index (χ0v) is 21.1. The molecule has 4 aromatic heterocycles. The number of halogens is 2. The fraction of sp³-hybridized carbons (Fsp3) is 0.120. The van der Waals surface area contributed by atoms with Crippen LogP contribution >= 0.6 is 0 Å². The van der Waals surface area contributed by atoms with Gasteiger partial charge < -0.3 is 14.1 Å². The number of aromatic amines is 1. The molecule has 5 aromatic rings. The number of imidazole rings is 2. The number of sulfonamides is 1. The van der Waals surface area contributed by atoms with Gasteiger partial charge in [-0.2, -0.15) is 5.26 Å². The fourth-order valence-electron chi connectivity index (χ4n) is 3.92. The molecule has 13 heteroatoms. The van der Waals surface area contributed by atoms with Crippen molar-refractivity contribution in [1.29, 1.82) is 5.26 Å². The number of methoxy groups -OCH3 is 1. The van der Waals surface area contributed by atoms with Gasteiger partial charge in [0.15, 0.2) is 16.5 Å². The first-order chi connectivity index (χ1) is 18.1. The highest BCUT2D eigenvalue weighted by Gasteiger charge is 2.25. The Bertz CT molecular complexity index is 1850. The second-order valence-corrected chi connectivity index (χ2v) is 9.98. The summed E-state index contributed by atoms with van der Waals surface area (Å²) in [5.41, 5.74) is 2.10. The molecule has 38 heavy (non-hydrogen) atoms. The van der Waals surface area contributed by atoms with Crippen LogP contribution < -0.4 is 9.46 Å². The van der Waals surface area contributed by atoms with E-state index in [4.69, 9.17) is 10.00 Å². The van der Waals surface area contributed by atoms with Gasteiger partial charge in [-0.05, 0) is 38.1 Å². The van der Waals surface area contributed by atoms with Gasteiger partial charge >= 0.3 is 0 Å². The van der Waals surface area contributed by atoms with E-state index in [9.17, 15) is 12.8 Å². The summed E-state index contributed by atoms with van der Waals surface area (Å²) in [5.74, 6) is -1.75. The predicted molar refractivity (Wildman–Crippen MR) is 134 cm³/mol. The van der Waals surface area contributed by atoms with Crippen LogP contribution in [0.3, 0.4) is 0 Å². The summed E-state index contributed by atoms with van der Waals surface area (Å²) in [6.07, 6.45) is 4.11. The maximum absolute atomic E-state index is 15.6. The number of nitrogens with one attached hydrogen (secondary N) is 2. The number of pyridine rings is 2. The number of nitrogens with zero attached hydrogens (tertiary/aromatic N) is 5. The van der Waals surface area contributed by atoms with Crippen molar-refractivity contribution < 1.29 is 21.9 Å². The van der Waals surface area contributed by atoms with Crippen molar-refractivity contribution >= 4 is 21.2 Å². The molecule has 0 spiro atoms. The lowest BCUT2D eigenvalue weighted by Crippen LogP contribution is -2.16. The Morgan fingerprint density at radius 2 is 1.95 bits per heavy atom. The predicted octanol–water partition coefficient (Wildman–Crippen LogP) is 4.36. The first-order valence-electron chi connectivity index (χ1n) is 11.1. The van der Waals surface area contributed by atoms with E-state index in [1.807, 2.05) is 13.8 Å². The van der Waals surface area contributed by atoms with Crippen molar-refractivity contribution in [1.82, 2.24) is 24.3 Å². The lowest BCUT2D eigenvalue weighted by atomic mass is 10.0. The first kappa shape index (κ1) is 24.8. The Labute approximate surface area is 215 Å². The topological polar surface area (TPSA) is 138 Å². The quantitative estimate of drug-likeness (QED) is 0.329. The molecule has 0 unspecified atom stereocenters. The van der Waals surface area contributed by atoms with Crippen LogP contribution in [0.5, 0.6) is 5.88 Å². The lowest BCUT2D eigenvalue weighted by Gasteiger charge is -2.14. The second kappa shape index (κ2) is 9.24. The largest absolute Gasteiger partial charge is 0.480 e. The van der Waals surface area contributed by atoms with Gasteiger partial charge in [-0.3, -0.25) is 4.72 Å². The van der Waals surface area contributed by atoms with Crippen LogP contribution in [0.4, 0.5) is 14.5 Å². The van der Waals surface area contributed by atoms with Crippen molar-refractivity contribution in [2.24, 2.45) is 0 Å². The molecule has 0 bridgehead atoms. The molecular formula is C25H19F2N7O3S. The van der Waals surface area contributed by atoms with Crippen molar-refractivity contribution in [3.05, 3.63) is 77.6 Å². The number of nitriles is 1. The first-order valence-corrected chi connectivity index (χ1v) is 12.6. The van der Waals surface area contributed by atoms with E-state index >= 15 is 4.39 Å². The number of rotatable bonds is 6. The number of anilines is 1. The number of hydrogen-bond donors (Lipinski definition) is 2. The molecule has 2 N–H and O–H groups in total. The third kappa shape index (κ3) is 4.20. The van der Waals surface area contributed by atoms with Crippen LogP contribution in [-0.2, 0) is 10.0 Å². The zero-order valence-electron chi connectivity index (χ0n) is 20.2. The zero-order chi connectivity index (χ0) is 27.2. The van der Waals surface area contributed by atoms with E-state index in [-0.39, 0.29) is 17.0 Å². The van der Waals surface area contributed by atoms with Gasteiger partial charge in [0.2, 0.25) is 5.88 Å². The Morgan fingerprint density at radius 3 is 2.63 bits per heavy atom. The summed E-state index contributed by atoms with van der Waals surface area (Å²) in [6, 6.07) is 7.90. The van der Waals surface area contributed by atoms with E-state index in [1.165, 1.54) is 25.7 Å². The third-order valence-corrected chi connectivity index (χ3v) is 7.30. The molecule has 0 radical (unpaired) electrons. The molecule has 0 atom stereocenters. The fourth-order valence-corrected chi connectivity index (χ4v) is 5.13. The molecule has 0 fully saturated rings. The monoisotopic (exact) mass is 535 g/mol. The molecule has 0 aliphatic carbocycles. The number of fused-ring (bicyclic) bond motifs is 1. The summed E-state index contributed by atoms with van der Waals surface area (Å²) in [4.78, 5) is 15.3. The van der Waals surface area contributed by atoms with Gasteiger partial charge in [-0.1, -0.05) is 6.07 Å². The third-order valence-electron chi connectivity index (χ3n) is 5.94. The SMILES string of the molecule is COc1ncc(C#N)cc1S(=O)(=O)Nc1ccc(F)c(-c2ccc3c(-c4nc(C)c(C)[nH]4)ncn3c2)c1F. The van der Waals surface area contributed by atoms with E-state index in [0.29, 0.717) is 17.0 Å². The van der Waals surface area contributed by atoms with E-state index in [0.717, 1.165) is 35.8 Å². The van der Waals surface area contributed by atoms with Crippen LogP contribution in [0, 0.1) is 36.8 Å². The summed E-state index contributed by atoms with van der Waals surface area (Å²) < 4.78 is 65.3. The minimum Gasteiger partial charge on any atom is -0.480 e. The second-order valence-electron chi connectivity index (χ2n) is 8.33. The number of aromatic nitrogens is 5. The number of aryl methyl sites for hydroxylation is 2. The molecule has 0 aliphatic rings. The van der Waals surface area contributed by atoms with Crippen LogP contribution in [-0.4, -0.2) is 39.9 Å². The molecule has 0 aliphatic heterocycles. The van der Waals surface area contributed by atoms with Crippen molar-refractivity contribution in [2.45, 2.75) is 18.7 Å². The molecule has 10 nitrogen and oxygen atoms in total. The molecule has 0 amide bonds. The Morgan fingerprint density at radius 1 is 1.16 bits per heavy atom. The standard InChI is InChI=1S/C25H19F2N7O3S/c1-13-14(2)32-24(31-13)23-19-7-4-16(11-34(19)12-30-23)21-17(26)5-6-18(22(21)27)33-38(35,36)20-8-15(9-28)10-29-25(20)37-3/h4-8,10-12,33H,1-3H3,(H,31,32). The van der Waals surface area contributed by atoms with E-state index < -0.39 is 37.8 Å². The van der Waals surface area contributed by atoms with E-state index in [2.05, 4.69) is 24.7 Å². The molecule has 0 saturated heterocycles. The number of hydrogen-bond acceptors (Lipinski definition) is 7.